The Morgan fingerprint density at radius 1 is 1.32 bits per heavy atom. The Bertz CT molecular complexity index is 594. The van der Waals surface area contributed by atoms with Crippen molar-refractivity contribution in [1.29, 1.82) is 0 Å². The molecule has 0 bridgehead atoms. The molecule has 0 atom stereocenters. The molecule has 2 aromatic heterocycles. The van der Waals surface area contributed by atoms with Gasteiger partial charge in [-0.25, -0.2) is 9.97 Å². The minimum absolute atomic E-state index is 0.661. The summed E-state index contributed by atoms with van der Waals surface area (Å²) in [6, 6.07) is 1.87. The van der Waals surface area contributed by atoms with Gasteiger partial charge in [-0.3, -0.25) is 0 Å². The zero-order valence-electron chi connectivity index (χ0n) is 10.9. The Kier molecular flexibility index (Phi) is 3.55. The summed E-state index contributed by atoms with van der Waals surface area (Å²) in [4.78, 5) is 9.32. The molecule has 4 nitrogen and oxygen atoms in total. The summed E-state index contributed by atoms with van der Waals surface area (Å²) in [7, 11) is 0. The summed E-state index contributed by atoms with van der Waals surface area (Å²) in [5.74, 6) is 2.33. The van der Waals surface area contributed by atoms with Gasteiger partial charge in [0.05, 0.1) is 10.7 Å². The number of hydrogen-bond acceptors (Lipinski definition) is 4. The summed E-state index contributed by atoms with van der Waals surface area (Å²) >= 11 is 3.47. The number of fused-ring (bicyclic) bond motifs is 1. The summed E-state index contributed by atoms with van der Waals surface area (Å²) in [5, 5.41) is 3.35. The lowest BCUT2D eigenvalue weighted by atomic mass is 9.96. The average molecular weight is 322 g/mol. The van der Waals surface area contributed by atoms with Crippen molar-refractivity contribution in [3.8, 4) is 11.6 Å². The van der Waals surface area contributed by atoms with E-state index in [-0.39, 0.29) is 0 Å². The van der Waals surface area contributed by atoms with E-state index in [1.54, 1.807) is 6.26 Å². The first kappa shape index (κ1) is 12.7. The van der Waals surface area contributed by atoms with Crippen molar-refractivity contribution in [2.45, 2.75) is 32.6 Å². The van der Waals surface area contributed by atoms with E-state index in [2.05, 4.69) is 38.1 Å². The van der Waals surface area contributed by atoms with Gasteiger partial charge in [0.25, 0.3) is 0 Å². The molecular formula is C14H16BrN3O. The smallest absolute Gasteiger partial charge is 0.199 e. The maximum absolute atomic E-state index is 5.47. The van der Waals surface area contributed by atoms with Crippen LogP contribution in [-0.4, -0.2) is 16.5 Å². The minimum Gasteiger partial charge on any atom is -0.460 e. The first-order chi connectivity index (χ1) is 9.29. The van der Waals surface area contributed by atoms with Crippen molar-refractivity contribution in [2.75, 3.05) is 11.9 Å². The van der Waals surface area contributed by atoms with Gasteiger partial charge in [-0.1, -0.05) is 0 Å². The van der Waals surface area contributed by atoms with E-state index < -0.39 is 0 Å². The Balaban J connectivity index is 2.11. The van der Waals surface area contributed by atoms with E-state index in [9.17, 15) is 0 Å². The molecule has 1 aliphatic rings. The van der Waals surface area contributed by atoms with Crippen molar-refractivity contribution in [1.82, 2.24) is 9.97 Å². The van der Waals surface area contributed by atoms with Crippen LogP contribution in [0.4, 0.5) is 5.82 Å². The van der Waals surface area contributed by atoms with Crippen LogP contribution in [0.2, 0.25) is 0 Å². The van der Waals surface area contributed by atoms with Crippen LogP contribution in [0.3, 0.4) is 0 Å². The van der Waals surface area contributed by atoms with E-state index in [1.807, 2.05) is 6.07 Å². The molecule has 2 heterocycles. The standard InChI is InChI=1S/C14H16BrN3O/c1-2-16-13-9-5-3-4-6-11(9)17-14(18-13)12-10(15)7-8-19-12/h7-8H,2-6H2,1H3,(H,16,17,18). The fraction of sp³-hybridized carbons (Fsp3) is 0.429. The number of aromatic nitrogens is 2. The van der Waals surface area contributed by atoms with Crippen molar-refractivity contribution >= 4 is 21.7 Å². The molecule has 0 aliphatic heterocycles. The van der Waals surface area contributed by atoms with Crippen molar-refractivity contribution in [3.05, 3.63) is 28.1 Å². The van der Waals surface area contributed by atoms with Crippen LogP contribution in [0.5, 0.6) is 0 Å². The summed E-state index contributed by atoms with van der Waals surface area (Å²) in [5.41, 5.74) is 2.44. The molecule has 0 spiro atoms. The van der Waals surface area contributed by atoms with E-state index in [0.29, 0.717) is 11.6 Å². The minimum atomic E-state index is 0.661. The van der Waals surface area contributed by atoms with Crippen LogP contribution in [0.1, 0.15) is 31.0 Å². The molecule has 1 aliphatic carbocycles. The highest BCUT2D eigenvalue weighted by atomic mass is 79.9. The van der Waals surface area contributed by atoms with Crippen LogP contribution < -0.4 is 5.32 Å². The molecule has 1 N–H and O–H groups in total. The molecule has 0 radical (unpaired) electrons. The molecular weight excluding hydrogens is 306 g/mol. The number of nitrogens with one attached hydrogen (secondary N) is 1. The van der Waals surface area contributed by atoms with Gasteiger partial charge < -0.3 is 9.73 Å². The van der Waals surface area contributed by atoms with Gasteiger partial charge in [-0.05, 0) is 54.6 Å². The number of nitrogens with zero attached hydrogens (tertiary/aromatic N) is 2. The van der Waals surface area contributed by atoms with Crippen LogP contribution in [0, 0.1) is 0 Å². The predicted molar refractivity (Wildman–Crippen MR) is 78.2 cm³/mol. The molecule has 2 aromatic rings. The van der Waals surface area contributed by atoms with Gasteiger partial charge in [0.2, 0.25) is 0 Å². The fourth-order valence-corrected chi connectivity index (χ4v) is 2.84. The predicted octanol–water partition coefficient (Wildman–Crippen LogP) is 3.81. The third-order valence-corrected chi connectivity index (χ3v) is 3.97. The fourth-order valence-electron chi connectivity index (χ4n) is 2.46. The number of hydrogen-bond donors (Lipinski definition) is 1. The second-order valence-electron chi connectivity index (χ2n) is 4.66. The first-order valence-electron chi connectivity index (χ1n) is 6.66. The van der Waals surface area contributed by atoms with Crippen LogP contribution >= 0.6 is 15.9 Å². The second-order valence-corrected chi connectivity index (χ2v) is 5.51. The molecule has 3 rings (SSSR count). The average Bonchev–Trinajstić information content (AvgIpc) is 2.85. The highest BCUT2D eigenvalue weighted by molar-refractivity contribution is 9.10. The molecule has 0 saturated heterocycles. The van der Waals surface area contributed by atoms with Crippen molar-refractivity contribution in [3.63, 3.8) is 0 Å². The normalized spacial score (nSPS) is 14.2. The van der Waals surface area contributed by atoms with Crippen LogP contribution in [0.15, 0.2) is 21.2 Å². The zero-order chi connectivity index (χ0) is 13.2. The highest BCUT2D eigenvalue weighted by Gasteiger charge is 2.20. The molecule has 0 amide bonds. The van der Waals surface area contributed by atoms with Gasteiger partial charge in [-0.2, -0.15) is 0 Å². The third kappa shape index (κ3) is 2.39. The zero-order valence-corrected chi connectivity index (χ0v) is 12.5. The molecule has 0 aromatic carbocycles. The number of furan rings is 1. The lowest BCUT2D eigenvalue weighted by Crippen LogP contribution is -2.13. The number of anilines is 1. The van der Waals surface area contributed by atoms with E-state index in [4.69, 9.17) is 4.42 Å². The molecule has 0 unspecified atom stereocenters. The second kappa shape index (κ2) is 5.33. The summed E-state index contributed by atoms with van der Waals surface area (Å²) in [6.45, 7) is 2.95. The maximum Gasteiger partial charge on any atom is 0.199 e. The van der Waals surface area contributed by atoms with Gasteiger partial charge in [0.1, 0.15) is 5.82 Å². The molecule has 0 fully saturated rings. The lowest BCUT2D eigenvalue weighted by Gasteiger charge is -2.19. The molecule has 19 heavy (non-hydrogen) atoms. The third-order valence-electron chi connectivity index (χ3n) is 3.35. The SMILES string of the molecule is CCNc1nc(-c2occc2Br)nc2c1CCCC2. The van der Waals surface area contributed by atoms with Crippen molar-refractivity contribution in [2.24, 2.45) is 0 Å². The van der Waals surface area contributed by atoms with Gasteiger partial charge in [0.15, 0.2) is 11.6 Å². The Morgan fingerprint density at radius 3 is 2.89 bits per heavy atom. The topological polar surface area (TPSA) is 51.0 Å². The van der Waals surface area contributed by atoms with E-state index >= 15 is 0 Å². The highest BCUT2D eigenvalue weighted by Crippen LogP contribution is 2.31. The van der Waals surface area contributed by atoms with E-state index in [0.717, 1.165) is 35.4 Å². The number of aryl methyl sites for hydroxylation is 1. The Morgan fingerprint density at radius 2 is 2.16 bits per heavy atom. The summed E-state index contributed by atoms with van der Waals surface area (Å²) in [6.07, 6.45) is 6.17. The van der Waals surface area contributed by atoms with Gasteiger partial charge >= 0.3 is 0 Å². The monoisotopic (exact) mass is 321 g/mol. The van der Waals surface area contributed by atoms with E-state index in [1.165, 1.54) is 18.4 Å². The Labute approximate surface area is 120 Å². The quantitative estimate of drug-likeness (QED) is 0.933. The number of rotatable bonds is 3. The lowest BCUT2D eigenvalue weighted by molar-refractivity contribution is 0.573. The van der Waals surface area contributed by atoms with Gasteiger partial charge in [-0.15, -0.1) is 0 Å². The van der Waals surface area contributed by atoms with Gasteiger partial charge in [0, 0.05) is 17.8 Å². The molecule has 0 saturated carbocycles. The largest absolute Gasteiger partial charge is 0.460 e. The van der Waals surface area contributed by atoms with Crippen LogP contribution in [-0.2, 0) is 12.8 Å². The molecule has 100 valence electrons. The van der Waals surface area contributed by atoms with Crippen LogP contribution in [0.25, 0.3) is 11.6 Å². The van der Waals surface area contributed by atoms with Crippen molar-refractivity contribution < 1.29 is 4.42 Å². The Hall–Kier alpha value is -1.36. The maximum atomic E-state index is 5.47. The number of halogens is 1. The first-order valence-corrected chi connectivity index (χ1v) is 7.46. The molecule has 5 heteroatoms. The summed E-state index contributed by atoms with van der Waals surface area (Å²) < 4.78 is 6.37.